The minimum absolute atomic E-state index is 0.137. The third-order valence-corrected chi connectivity index (χ3v) is 6.48. The van der Waals surface area contributed by atoms with E-state index < -0.39 is 0 Å². The Bertz CT molecular complexity index is 1490. The molecular formula is C27H20ClN5OS. The van der Waals surface area contributed by atoms with Gasteiger partial charge in [-0.05, 0) is 47.2 Å². The summed E-state index contributed by atoms with van der Waals surface area (Å²) in [5.74, 6) is 0.574. The molecule has 1 aromatic heterocycles. The van der Waals surface area contributed by atoms with E-state index in [1.54, 1.807) is 6.21 Å². The molecule has 35 heavy (non-hydrogen) atoms. The van der Waals surface area contributed by atoms with Crippen LogP contribution in [-0.2, 0) is 4.79 Å². The number of fused-ring (bicyclic) bond motifs is 1. The maximum absolute atomic E-state index is 12.5. The first-order valence-corrected chi connectivity index (χ1v) is 12.2. The summed E-state index contributed by atoms with van der Waals surface area (Å²) < 4.78 is 1.93. The molecule has 1 N–H and O–H groups in total. The summed E-state index contributed by atoms with van der Waals surface area (Å²) >= 11 is 7.35. The number of benzene rings is 4. The van der Waals surface area contributed by atoms with Crippen molar-refractivity contribution in [3.8, 4) is 17.1 Å². The molecule has 1 heterocycles. The summed E-state index contributed by atoms with van der Waals surface area (Å²) in [4.78, 5) is 12.5. The number of amides is 1. The van der Waals surface area contributed by atoms with Gasteiger partial charge in [-0.25, -0.2) is 5.43 Å². The first kappa shape index (κ1) is 22.8. The maximum atomic E-state index is 12.5. The predicted molar refractivity (Wildman–Crippen MR) is 142 cm³/mol. The minimum Gasteiger partial charge on any atom is -0.272 e. The fourth-order valence-electron chi connectivity index (χ4n) is 3.66. The third kappa shape index (κ3) is 5.26. The molecule has 0 saturated carbocycles. The van der Waals surface area contributed by atoms with Crippen LogP contribution in [0.25, 0.3) is 27.8 Å². The molecule has 0 spiro atoms. The summed E-state index contributed by atoms with van der Waals surface area (Å²) in [7, 11) is 0. The molecule has 5 rings (SSSR count). The molecule has 0 unspecified atom stereocenters. The van der Waals surface area contributed by atoms with Crippen LogP contribution in [0.4, 0.5) is 0 Å². The van der Waals surface area contributed by atoms with E-state index in [2.05, 4.69) is 20.7 Å². The summed E-state index contributed by atoms with van der Waals surface area (Å²) in [5, 5.41) is 16.3. The van der Waals surface area contributed by atoms with Gasteiger partial charge in [0.2, 0.25) is 0 Å². The number of carbonyl (C=O) groups is 1. The lowest BCUT2D eigenvalue weighted by atomic mass is 10.1. The van der Waals surface area contributed by atoms with E-state index in [1.807, 2.05) is 102 Å². The number of nitrogens with zero attached hydrogens (tertiary/aromatic N) is 4. The molecule has 0 saturated heterocycles. The Balaban J connectivity index is 1.31. The second-order valence-electron chi connectivity index (χ2n) is 7.63. The zero-order valence-electron chi connectivity index (χ0n) is 18.5. The molecule has 4 aromatic carbocycles. The van der Waals surface area contributed by atoms with Crippen LogP contribution in [0.15, 0.2) is 107 Å². The van der Waals surface area contributed by atoms with Crippen LogP contribution in [0.3, 0.4) is 0 Å². The average Bonchev–Trinajstić information content (AvgIpc) is 3.32. The SMILES string of the molecule is O=C(CSc1nnc(-c2ccc(Cl)cc2)n1-c1ccccc1)N/N=C/c1cccc2ccccc12. The molecule has 8 heteroatoms. The van der Waals surface area contributed by atoms with Crippen LogP contribution in [0.2, 0.25) is 5.02 Å². The van der Waals surface area contributed by atoms with Gasteiger partial charge >= 0.3 is 0 Å². The Morgan fingerprint density at radius 2 is 1.66 bits per heavy atom. The average molecular weight is 498 g/mol. The molecule has 0 bridgehead atoms. The molecule has 0 radical (unpaired) electrons. The lowest BCUT2D eigenvalue weighted by Gasteiger charge is -2.10. The van der Waals surface area contributed by atoms with Gasteiger partial charge in [-0.2, -0.15) is 5.10 Å². The quantitative estimate of drug-likeness (QED) is 0.170. The van der Waals surface area contributed by atoms with Crippen molar-refractivity contribution < 1.29 is 4.79 Å². The van der Waals surface area contributed by atoms with Gasteiger partial charge in [0.25, 0.3) is 5.91 Å². The van der Waals surface area contributed by atoms with Gasteiger partial charge in [0.05, 0.1) is 12.0 Å². The number of hydrogen-bond acceptors (Lipinski definition) is 5. The summed E-state index contributed by atoms with van der Waals surface area (Å²) in [6.45, 7) is 0. The van der Waals surface area contributed by atoms with E-state index in [1.165, 1.54) is 11.8 Å². The van der Waals surface area contributed by atoms with Gasteiger partial charge in [0.15, 0.2) is 11.0 Å². The molecule has 0 aliphatic rings. The van der Waals surface area contributed by atoms with E-state index >= 15 is 0 Å². The number of thioether (sulfide) groups is 1. The Morgan fingerprint density at radius 1 is 0.914 bits per heavy atom. The standard InChI is InChI=1S/C27H20ClN5OS/c28-22-15-13-20(14-16-22)26-31-32-27(33(26)23-10-2-1-3-11-23)35-18-25(34)30-29-17-21-9-6-8-19-7-4-5-12-24(19)21/h1-17H,18H2,(H,30,34)/b29-17+. The number of para-hydroxylation sites is 1. The molecule has 0 aliphatic heterocycles. The van der Waals surface area contributed by atoms with E-state index in [0.29, 0.717) is 16.0 Å². The van der Waals surface area contributed by atoms with Crippen molar-refractivity contribution in [2.75, 3.05) is 5.75 Å². The van der Waals surface area contributed by atoms with Crippen molar-refractivity contribution in [3.05, 3.63) is 108 Å². The third-order valence-electron chi connectivity index (χ3n) is 5.30. The molecule has 0 atom stereocenters. The fourth-order valence-corrected chi connectivity index (χ4v) is 4.53. The highest BCUT2D eigenvalue weighted by molar-refractivity contribution is 7.99. The molecule has 1 amide bonds. The summed E-state index contributed by atoms with van der Waals surface area (Å²) in [6.07, 6.45) is 1.66. The van der Waals surface area contributed by atoms with Crippen LogP contribution in [-0.4, -0.2) is 32.6 Å². The summed E-state index contributed by atoms with van der Waals surface area (Å²) in [6, 6.07) is 31.2. The molecule has 0 fully saturated rings. The van der Waals surface area contributed by atoms with E-state index in [4.69, 9.17) is 11.6 Å². The fraction of sp³-hybridized carbons (Fsp3) is 0.0370. The lowest BCUT2D eigenvalue weighted by Crippen LogP contribution is -2.20. The molecule has 5 aromatic rings. The highest BCUT2D eigenvalue weighted by Gasteiger charge is 2.17. The van der Waals surface area contributed by atoms with Crippen LogP contribution in [0.5, 0.6) is 0 Å². The molecular weight excluding hydrogens is 478 g/mol. The van der Waals surface area contributed by atoms with Gasteiger partial charge in [0.1, 0.15) is 0 Å². The number of hydrogen-bond donors (Lipinski definition) is 1. The first-order chi connectivity index (χ1) is 17.2. The number of nitrogens with one attached hydrogen (secondary N) is 1. The van der Waals surface area contributed by atoms with Gasteiger partial charge < -0.3 is 0 Å². The maximum Gasteiger partial charge on any atom is 0.250 e. The lowest BCUT2D eigenvalue weighted by molar-refractivity contribution is -0.118. The van der Waals surface area contributed by atoms with Crippen molar-refractivity contribution in [2.45, 2.75) is 5.16 Å². The van der Waals surface area contributed by atoms with Gasteiger partial charge in [-0.3, -0.25) is 9.36 Å². The number of halogens is 1. The van der Waals surface area contributed by atoms with E-state index in [9.17, 15) is 4.79 Å². The minimum atomic E-state index is -0.234. The zero-order valence-corrected chi connectivity index (χ0v) is 20.1. The highest BCUT2D eigenvalue weighted by atomic mass is 35.5. The topological polar surface area (TPSA) is 72.2 Å². The Kier molecular flexibility index (Phi) is 6.88. The largest absolute Gasteiger partial charge is 0.272 e. The predicted octanol–water partition coefficient (Wildman–Crippen LogP) is 5.98. The number of aromatic nitrogens is 3. The van der Waals surface area contributed by atoms with Crippen LogP contribution < -0.4 is 5.43 Å². The van der Waals surface area contributed by atoms with Crippen LogP contribution in [0.1, 0.15) is 5.56 Å². The highest BCUT2D eigenvalue weighted by Crippen LogP contribution is 2.28. The zero-order chi connectivity index (χ0) is 24.0. The molecule has 0 aliphatic carbocycles. The number of rotatable bonds is 7. The molecule has 6 nitrogen and oxygen atoms in total. The monoisotopic (exact) mass is 497 g/mol. The van der Waals surface area contributed by atoms with Crippen molar-refractivity contribution in [1.82, 2.24) is 20.2 Å². The van der Waals surface area contributed by atoms with Crippen LogP contribution >= 0.6 is 23.4 Å². The molecule has 172 valence electrons. The van der Waals surface area contributed by atoms with Gasteiger partial charge in [0, 0.05) is 21.8 Å². The second-order valence-corrected chi connectivity index (χ2v) is 9.01. The van der Waals surface area contributed by atoms with Crippen molar-refractivity contribution in [2.24, 2.45) is 5.10 Å². The van der Waals surface area contributed by atoms with Gasteiger partial charge in [-0.15, -0.1) is 10.2 Å². The Morgan fingerprint density at radius 3 is 2.49 bits per heavy atom. The Hall–Kier alpha value is -3.94. The number of hydrazone groups is 1. The summed E-state index contributed by atoms with van der Waals surface area (Å²) in [5.41, 5.74) is 5.32. The van der Waals surface area contributed by atoms with Crippen molar-refractivity contribution >= 4 is 46.3 Å². The first-order valence-electron chi connectivity index (χ1n) is 10.9. The van der Waals surface area contributed by atoms with Crippen LogP contribution in [0, 0.1) is 0 Å². The van der Waals surface area contributed by atoms with E-state index in [-0.39, 0.29) is 11.7 Å². The van der Waals surface area contributed by atoms with Crippen molar-refractivity contribution in [3.63, 3.8) is 0 Å². The number of carbonyl (C=O) groups excluding carboxylic acids is 1. The smallest absolute Gasteiger partial charge is 0.250 e. The Labute approximate surface area is 211 Å². The normalized spacial score (nSPS) is 11.2. The second kappa shape index (κ2) is 10.5. The van der Waals surface area contributed by atoms with Gasteiger partial charge in [-0.1, -0.05) is 84.0 Å². The van der Waals surface area contributed by atoms with Crippen molar-refractivity contribution in [1.29, 1.82) is 0 Å². The van der Waals surface area contributed by atoms with E-state index in [0.717, 1.165) is 27.6 Å².